The minimum atomic E-state index is 0.457. The number of nitrogens with zero attached hydrogens (tertiary/aromatic N) is 1. The molecule has 17 heavy (non-hydrogen) atoms. The van der Waals surface area contributed by atoms with E-state index in [1.54, 1.807) is 6.20 Å². The van der Waals surface area contributed by atoms with Crippen LogP contribution in [0.5, 0.6) is 5.88 Å². The van der Waals surface area contributed by atoms with Crippen molar-refractivity contribution in [1.29, 1.82) is 5.31 Å². The van der Waals surface area contributed by atoms with Crippen molar-refractivity contribution in [2.45, 2.75) is 6.92 Å². The Morgan fingerprint density at radius 1 is 1.24 bits per heavy atom. The van der Waals surface area contributed by atoms with E-state index in [-0.39, 0.29) is 0 Å². The molecule has 2 N–H and O–H groups in total. The van der Waals surface area contributed by atoms with Crippen LogP contribution < -0.4 is 9.97 Å². The molecule has 2 rings (SSSR count). The van der Waals surface area contributed by atoms with E-state index < -0.39 is 0 Å². The summed E-state index contributed by atoms with van der Waals surface area (Å²) < 4.78 is 4.94. The molecule has 1 aromatic heterocycles. The van der Waals surface area contributed by atoms with Crippen molar-refractivity contribution < 1.29 is 4.65 Å². The van der Waals surface area contributed by atoms with Crippen LogP contribution in [0.3, 0.4) is 0 Å². The summed E-state index contributed by atoms with van der Waals surface area (Å²) in [5, 5.41) is 10.1. The molecule has 1 aromatic carbocycles. The van der Waals surface area contributed by atoms with Gasteiger partial charge >= 0.3 is 99.9 Å². The molecule has 0 saturated heterocycles. The van der Waals surface area contributed by atoms with Crippen LogP contribution >= 0.6 is 0 Å². The van der Waals surface area contributed by atoms with E-state index in [9.17, 15) is 0 Å². The summed E-state index contributed by atoms with van der Waals surface area (Å²) in [7, 11) is 0.875. The third-order valence-corrected chi connectivity index (χ3v) is 2.26. The van der Waals surface area contributed by atoms with E-state index in [4.69, 9.17) is 9.97 Å². The number of nitrogens with one attached hydrogen (secondary N) is 2. The number of anilines is 2. The van der Waals surface area contributed by atoms with Crippen LogP contribution in [0.15, 0.2) is 42.6 Å². The first-order valence-electron chi connectivity index (χ1n) is 5.24. The van der Waals surface area contributed by atoms with Gasteiger partial charge in [0.1, 0.15) is 0 Å². The average molecular weight is 225 g/mol. The number of hydrogen-bond acceptors (Lipinski definition) is 4. The molecule has 0 unspecified atom stereocenters. The fraction of sp³-hybridized carbons (Fsp3) is 0.0833. The van der Waals surface area contributed by atoms with E-state index in [1.165, 1.54) is 0 Å². The number of hydrogen-bond donors (Lipinski definition) is 2. The first-order chi connectivity index (χ1) is 8.29. The molecular formula is C12H12BN3O. The van der Waals surface area contributed by atoms with Gasteiger partial charge in [-0.3, -0.25) is 0 Å². The molecule has 0 aliphatic carbocycles. The Kier molecular flexibility index (Phi) is 3.50. The first-order valence-corrected chi connectivity index (χ1v) is 5.24. The van der Waals surface area contributed by atoms with Crippen LogP contribution in [0, 0.1) is 12.2 Å². The van der Waals surface area contributed by atoms with Crippen LogP contribution in [-0.2, 0) is 0 Å². The zero-order chi connectivity index (χ0) is 12.1. The van der Waals surface area contributed by atoms with E-state index in [1.807, 2.05) is 43.3 Å². The Hall–Kier alpha value is -2.17. The molecule has 0 spiro atoms. The molecule has 0 bridgehead atoms. The van der Waals surface area contributed by atoms with Gasteiger partial charge in [-0.2, -0.15) is 0 Å². The second-order valence-corrected chi connectivity index (χ2v) is 3.57. The molecule has 2 aromatic rings. The predicted octanol–water partition coefficient (Wildman–Crippen LogP) is 2.89. The number of benzene rings is 1. The summed E-state index contributed by atoms with van der Waals surface area (Å²) in [6.45, 7) is 1.89. The summed E-state index contributed by atoms with van der Waals surface area (Å²) >= 11 is 0. The molecule has 0 fully saturated rings. The van der Waals surface area contributed by atoms with Crippen LogP contribution in [-0.4, -0.2) is 12.3 Å². The fourth-order valence-corrected chi connectivity index (χ4v) is 1.50. The Bertz CT molecular complexity index is 516. The molecule has 0 saturated carbocycles. The quantitative estimate of drug-likeness (QED) is 0.786. The van der Waals surface area contributed by atoms with Crippen LogP contribution in [0.1, 0.15) is 5.56 Å². The zero-order valence-electron chi connectivity index (χ0n) is 9.47. The SMILES string of the molecule is Cc1cc(Nc2ccccc2)cnc1OB=N. The van der Waals surface area contributed by atoms with E-state index in [0.29, 0.717) is 5.88 Å². The molecule has 0 atom stereocenters. The van der Waals surface area contributed by atoms with Crippen LogP contribution in [0.25, 0.3) is 0 Å². The summed E-state index contributed by atoms with van der Waals surface area (Å²) in [5.41, 5.74) is 2.79. The molecule has 1 heterocycles. The normalized spacial score (nSPS) is 9.47. The van der Waals surface area contributed by atoms with Gasteiger partial charge in [0.25, 0.3) is 0 Å². The number of aryl methyl sites for hydroxylation is 1. The van der Waals surface area contributed by atoms with Gasteiger partial charge in [-0.1, -0.05) is 0 Å². The summed E-state index contributed by atoms with van der Waals surface area (Å²) in [6, 6.07) is 11.8. The third-order valence-electron chi connectivity index (χ3n) is 2.26. The molecule has 5 heteroatoms. The summed E-state index contributed by atoms with van der Waals surface area (Å²) in [6.07, 6.45) is 1.68. The molecule has 84 valence electrons. The van der Waals surface area contributed by atoms with Crippen LogP contribution in [0.4, 0.5) is 11.4 Å². The van der Waals surface area contributed by atoms with E-state index in [0.717, 1.165) is 24.2 Å². The number of aromatic nitrogens is 1. The van der Waals surface area contributed by atoms with Gasteiger partial charge in [-0.05, 0) is 0 Å². The van der Waals surface area contributed by atoms with Gasteiger partial charge in [-0.25, -0.2) is 0 Å². The van der Waals surface area contributed by atoms with Gasteiger partial charge in [0.2, 0.25) is 0 Å². The summed E-state index contributed by atoms with van der Waals surface area (Å²) in [4.78, 5) is 4.13. The van der Waals surface area contributed by atoms with Crippen molar-refractivity contribution >= 4 is 18.6 Å². The van der Waals surface area contributed by atoms with Crippen molar-refractivity contribution in [2.24, 2.45) is 0 Å². The van der Waals surface area contributed by atoms with Gasteiger partial charge in [0, 0.05) is 0 Å². The van der Waals surface area contributed by atoms with Crippen molar-refractivity contribution in [3.05, 3.63) is 48.2 Å². The zero-order valence-corrected chi connectivity index (χ0v) is 9.47. The maximum atomic E-state index is 6.87. The molecule has 0 aliphatic heterocycles. The predicted molar refractivity (Wildman–Crippen MR) is 67.8 cm³/mol. The van der Waals surface area contributed by atoms with E-state index in [2.05, 4.69) is 10.3 Å². The monoisotopic (exact) mass is 225 g/mol. The van der Waals surface area contributed by atoms with Crippen molar-refractivity contribution in [3.63, 3.8) is 0 Å². The van der Waals surface area contributed by atoms with E-state index >= 15 is 0 Å². The Morgan fingerprint density at radius 2 is 2.00 bits per heavy atom. The molecule has 0 aliphatic rings. The van der Waals surface area contributed by atoms with Gasteiger partial charge in [-0.15, -0.1) is 0 Å². The van der Waals surface area contributed by atoms with Gasteiger partial charge in [0.15, 0.2) is 0 Å². The topological polar surface area (TPSA) is 58.0 Å². The van der Waals surface area contributed by atoms with Crippen LogP contribution in [0.2, 0.25) is 0 Å². The number of pyridine rings is 1. The second kappa shape index (κ2) is 5.25. The van der Waals surface area contributed by atoms with Crippen molar-refractivity contribution in [3.8, 4) is 5.88 Å². The Balaban J connectivity index is 2.18. The van der Waals surface area contributed by atoms with Gasteiger partial charge in [0.05, 0.1) is 0 Å². The molecule has 4 nitrogen and oxygen atoms in total. The standard InChI is InChI=1S/C12H12BN3O/c1-9-7-11(8-15-12(9)17-13-14)16-10-5-3-2-4-6-10/h2-8,14,16H,1H3. The van der Waals surface area contributed by atoms with Crippen molar-refractivity contribution in [2.75, 3.05) is 5.32 Å². The molecular weight excluding hydrogens is 213 g/mol. The second-order valence-electron chi connectivity index (χ2n) is 3.57. The average Bonchev–Trinajstić information content (AvgIpc) is 2.34. The number of rotatable bonds is 4. The first kappa shape index (κ1) is 11.3. The fourth-order valence-electron chi connectivity index (χ4n) is 1.50. The third kappa shape index (κ3) is 2.90. The van der Waals surface area contributed by atoms with Gasteiger partial charge < -0.3 is 0 Å². The minimum absolute atomic E-state index is 0.457. The Labute approximate surface area is 100 Å². The maximum absolute atomic E-state index is 6.87. The molecule has 0 radical (unpaired) electrons. The Morgan fingerprint density at radius 3 is 2.65 bits per heavy atom. The number of para-hydroxylation sites is 1. The summed E-state index contributed by atoms with van der Waals surface area (Å²) in [5.74, 6) is 0.457. The molecule has 0 amide bonds. The van der Waals surface area contributed by atoms with Crippen molar-refractivity contribution in [1.82, 2.24) is 4.98 Å².